The molecule has 0 unspecified atom stereocenters. The minimum absolute atomic E-state index is 0.232. The standard InChI is InChI=1S/C17H16FN3O2S2/c1-10-20-14(11-3-5-12(18)6-4-11)15(25-10)17-21-13(9-24-17)16(22)19-7-8-23-2/h3-6,9H,7-8H2,1-2H3,(H,19,22). The monoisotopic (exact) mass is 377 g/mol. The van der Waals surface area contributed by atoms with E-state index < -0.39 is 0 Å². The summed E-state index contributed by atoms with van der Waals surface area (Å²) in [6, 6.07) is 6.20. The fraction of sp³-hybridized carbons (Fsp3) is 0.235. The summed E-state index contributed by atoms with van der Waals surface area (Å²) < 4.78 is 18.1. The normalized spacial score (nSPS) is 10.8. The topological polar surface area (TPSA) is 64.1 Å². The molecule has 0 aliphatic heterocycles. The van der Waals surface area contributed by atoms with Gasteiger partial charge in [-0.15, -0.1) is 22.7 Å². The third-order valence-electron chi connectivity index (χ3n) is 3.37. The van der Waals surface area contributed by atoms with E-state index in [1.807, 2.05) is 6.92 Å². The van der Waals surface area contributed by atoms with Crippen molar-refractivity contribution in [2.45, 2.75) is 6.92 Å². The van der Waals surface area contributed by atoms with E-state index in [-0.39, 0.29) is 11.7 Å². The number of aryl methyl sites for hydroxylation is 1. The number of thiazole rings is 2. The first kappa shape index (κ1) is 17.7. The molecule has 3 aromatic rings. The molecule has 130 valence electrons. The average Bonchev–Trinajstić information content (AvgIpc) is 3.22. The molecule has 0 fully saturated rings. The number of halogens is 1. The number of hydrogen-bond donors (Lipinski definition) is 1. The molecular weight excluding hydrogens is 361 g/mol. The van der Waals surface area contributed by atoms with Gasteiger partial charge in [0.15, 0.2) is 0 Å². The van der Waals surface area contributed by atoms with Crippen molar-refractivity contribution < 1.29 is 13.9 Å². The van der Waals surface area contributed by atoms with Crippen molar-refractivity contribution in [3.63, 3.8) is 0 Å². The van der Waals surface area contributed by atoms with Gasteiger partial charge in [0.2, 0.25) is 0 Å². The van der Waals surface area contributed by atoms with E-state index in [1.165, 1.54) is 34.8 Å². The highest BCUT2D eigenvalue weighted by molar-refractivity contribution is 7.21. The summed E-state index contributed by atoms with van der Waals surface area (Å²) in [5.41, 5.74) is 1.94. The highest BCUT2D eigenvalue weighted by atomic mass is 32.1. The van der Waals surface area contributed by atoms with Crippen molar-refractivity contribution in [1.82, 2.24) is 15.3 Å². The lowest BCUT2D eigenvalue weighted by atomic mass is 10.1. The smallest absolute Gasteiger partial charge is 0.270 e. The number of nitrogens with one attached hydrogen (secondary N) is 1. The maximum absolute atomic E-state index is 13.2. The van der Waals surface area contributed by atoms with E-state index >= 15 is 0 Å². The van der Waals surface area contributed by atoms with Crippen LogP contribution in [-0.2, 0) is 4.74 Å². The summed E-state index contributed by atoms with van der Waals surface area (Å²) in [6.45, 7) is 2.79. The molecule has 0 radical (unpaired) electrons. The molecule has 1 amide bonds. The molecule has 25 heavy (non-hydrogen) atoms. The van der Waals surface area contributed by atoms with Gasteiger partial charge in [-0.3, -0.25) is 4.79 Å². The Morgan fingerprint density at radius 3 is 2.76 bits per heavy atom. The number of amides is 1. The summed E-state index contributed by atoms with van der Waals surface area (Å²) in [5, 5.41) is 6.08. The van der Waals surface area contributed by atoms with E-state index in [0.29, 0.717) is 18.8 Å². The molecule has 1 N–H and O–H groups in total. The molecule has 2 aromatic heterocycles. The van der Waals surface area contributed by atoms with Crippen LogP contribution in [0.2, 0.25) is 0 Å². The number of ether oxygens (including phenoxy) is 1. The fourth-order valence-electron chi connectivity index (χ4n) is 2.21. The summed E-state index contributed by atoms with van der Waals surface area (Å²) in [5.74, 6) is -0.523. The summed E-state index contributed by atoms with van der Waals surface area (Å²) in [4.78, 5) is 22.0. The van der Waals surface area contributed by atoms with Crippen LogP contribution in [0.5, 0.6) is 0 Å². The second kappa shape index (κ2) is 7.81. The molecule has 1 aromatic carbocycles. The van der Waals surface area contributed by atoms with Gasteiger partial charge in [-0.2, -0.15) is 0 Å². The summed E-state index contributed by atoms with van der Waals surface area (Å²) in [7, 11) is 1.58. The molecule has 3 rings (SSSR count). The highest BCUT2D eigenvalue weighted by Crippen LogP contribution is 2.38. The van der Waals surface area contributed by atoms with Crippen LogP contribution >= 0.6 is 22.7 Å². The Balaban J connectivity index is 1.88. The van der Waals surface area contributed by atoms with E-state index in [4.69, 9.17) is 4.74 Å². The van der Waals surface area contributed by atoms with Gasteiger partial charge >= 0.3 is 0 Å². The fourth-order valence-corrected chi connectivity index (χ4v) is 4.05. The number of methoxy groups -OCH3 is 1. The van der Waals surface area contributed by atoms with Crippen LogP contribution in [0, 0.1) is 12.7 Å². The Kier molecular flexibility index (Phi) is 5.52. The Hall–Kier alpha value is -2.16. The second-order valence-corrected chi connectivity index (χ2v) is 7.27. The van der Waals surface area contributed by atoms with Crippen molar-refractivity contribution in [1.29, 1.82) is 0 Å². The minimum Gasteiger partial charge on any atom is -0.383 e. The van der Waals surface area contributed by atoms with Crippen molar-refractivity contribution in [2.75, 3.05) is 20.3 Å². The van der Waals surface area contributed by atoms with E-state index in [9.17, 15) is 9.18 Å². The lowest BCUT2D eigenvalue weighted by Gasteiger charge is -2.01. The molecule has 0 bridgehead atoms. The van der Waals surface area contributed by atoms with Crippen molar-refractivity contribution in [2.24, 2.45) is 0 Å². The number of hydrogen-bond acceptors (Lipinski definition) is 6. The Labute approximate surface area is 152 Å². The minimum atomic E-state index is -0.290. The van der Waals surface area contributed by atoms with Crippen LogP contribution in [0.3, 0.4) is 0 Å². The quantitative estimate of drug-likeness (QED) is 0.665. The van der Waals surface area contributed by atoms with Crippen LogP contribution in [-0.4, -0.2) is 36.1 Å². The summed E-state index contributed by atoms with van der Waals surface area (Å²) >= 11 is 2.89. The van der Waals surface area contributed by atoms with Crippen LogP contribution in [0.4, 0.5) is 4.39 Å². The summed E-state index contributed by atoms with van der Waals surface area (Å²) in [6.07, 6.45) is 0. The predicted molar refractivity (Wildman–Crippen MR) is 97.6 cm³/mol. The first-order valence-corrected chi connectivity index (χ1v) is 9.24. The second-order valence-electron chi connectivity index (χ2n) is 5.20. The number of carbonyl (C=O) groups excluding carboxylic acids is 1. The Morgan fingerprint density at radius 2 is 2.04 bits per heavy atom. The number of aromatic nitrogens is 2. The number of benzene rings is 1. The van der Waals surface area contributed by atoms with E-state index in [2.05, 4.69) is 15.3 Å². The maximum Gasteiger partial charge on any atom is 0.270 e. The maximum atomic E-state index is 13.2. The van der Waals surface area contributed by atoms with Gasteiger partial charge < -0.3 is 10.1 Å². The highest BCUT2D eigenvalue weighted by Gasteiger charge is 2.18. The molecule has 0 saturated carbocycles. The number of carbonyl (C=O) groups is 1. The average molecular weight is 377 g/mol. The van der Waals surface area contributed by atoms with Gasteiger partial charge in [0, 0.05) is 24.6 Å². The van der Waals surface area contributed by atoms with Gasteiger partial charge in [-0.05, 0) is 31.2 Å². The van der Waals surface area contributed by atoms with Crippen LogP contribution in [0.15, 0.2) is 29.6 Å². The molecule has 0 aliphatic carbocycles. The van der Waals surface area contributed by atoms with Crippen LogP contribution in [0.25, 0.3) is 21.1 Å². The SMILES string of the molecule is COCCNC(=O)c1csc(-c2sc(C)nc2-c2ccc(F)cc2)n1. The van der Waals surface area contributed by atoms with Gasteiger partial charge in [0.1, 0.15) is 16.5 Å². The van der Waals surface area contributed by atoms with Crippen LogP contribution < -0.4 is 5.32 Å². The zero-order chi connectivity index (χ0) is 17.8. The molecular formula is C17H16FN3O2S2. The molecule has 2 heterocycles. The van der Waals surface area contributed by atoms with Gasteiger partial charge in [-0.1, -0.05) is 0 Å². The molecule has 0 aliphatic rings. The van der Waals surface area contributed by atoms with Crippen molar-refractivity contribution in [3.05, 3.63) is 46.2 Å². The largest absolute Gasteiger partial charge is 0.383 e. The number of nitrogens with zero attached hydrogens (tertiary/aromatic N) is 2. The molecule has 0 spiro atoms. The molecule has 5 nitrogen and oxygen atoms in total. The first-order valence-electron chi connectivity index (χ1n) is 7.55. The predicted octanol–water partition coefficient (Wildman–Crippen LogP) is 3.76. The Bertz CT molecular complexity index is 874. The molecule has 8 heteroatoms. The van der Waals surface area contributed by atoms with Gasteiger partial charge in [-0.25, -0.2) is 14.4 Å². The molecule has 0 saturated heterocycles. The van der Waals surface area contributed by atoms with E-state index in [1.54, 1.807) is 24.6 Å². The van der Waals surface area contributed by atoms with Crippen molar-refractivity contribution >= 4 is 28.6 Å². The lowest BCUT2D eigenvalue weighted by Crippen LogP contribution is -2.27. The number of rotatable bonds is 6. The zero-order valence-electron chi connectivity index (χ0n) is 13.7. The molecule has 0 atom stereocenters. The first-order chi connectivity index (χ1) is 12.1. The van der Waals surface area contributed by atoms with Crippen LogP contribution in [0.1, 0.15) is 15.5 Å². The third kappa shape index (κ3) is 4.09. The van der Waals surface area contributed by atoms with E-state index in [0.717, 1.165) is 26.1 Å². The van der Waals surface area contributed by atoms with Gasteiger partial charge in [0.25, 0.3) is 5.91 Å². The zero-order valence-corrected chi connectivity index (χ0v) is 15.3. The lowest BCUT2D eigenvalue weighted by molar-refractivity contribution is 0.0933. The van der Waals surface area contributed by atoms with Crippen molar-refractivity contribution in [3.8, 4) is 21.1 Å². The van der Waals surface area contributed by atoms with Gasteiger partial charge in [0.05, 0.1) is 22.2 Å². The Morgan fingerprint density at radius 1 is 1.28 bits per heavy atom. The third-order valence-corrected chi connectivity index (χ3v) is 5.34.